The fourth-order valence-corrected chi connectivity index (χ4v) is 2.26. The molecule has 0 aliphatic heterocycles. The molecule has 124 valence electrons. The Morgan fingerprint density at radius 3 is 2.61 bits per heavy atom. The summed E-state index contributed by atoms with van der Waals surface area (Å²) in [4.78, 5) is 8.43. The predicted octanol–water partition coefficient (Wildman–Crippen LogP) is 4.18. The number of rotatable bonds is 6. The van der Waals surface area contributed by atoms with Gasteiger partial charge in [0, 0.05) is 35.8 Å². The van der Waals surface area contributed by atoms with Crippen LogP contribution >= 0.6 is 11.6 Å². The van der Waals surface area contributed by atoms with Crippen molar-refractivity contribution in [2.45, 2.75) is 39.0 Å². The predicted molar refractivity (Wildman–Crippen MR) is 91.4 cm³/mol. The van der Waals surface area contributed by atoms with E-state index in [1.54, 1.807) is 31.3 Å². The highest BCUT2D eigenvalue weighted by Crippen LogP contribution is 2.30. The molecule has 0 fully saturated rings. The second-order valence-corrected chi connectivity index (χ2v) is 6.41. The summed E-state index contributed by atoms with van der Waals surface area (Å²) in [5, 5.41) is 13.0. The van der Waals surface area contributed by atoms with Gasteiger partial charge >= 0.3 is 0 Å². The first-order chi connectivity index (χ1) is 10.8. The van der Waals surface area contributed by atoms with E-state index in [1.165, 1.54) is 20.0 Å². The summed E-state index contributed by atoms with van der Waals surface area (Å²) in [7, 11) is 0. The minimum absolute atomic E-state index is 0.370. The van der Waals surface area contributed by atoms with Gasteiger partial charge in [0.05, 0.1) is 11.8 Å². The molecule has 0 aliphatic rings. The Labute approximate surface area is 140 Å². The third-order valence-corrected chi connectivity index (χ3v) is 3.68. The van der Waals surface area contributed by atoms with E-state index in [9.17, 15) is 9.50 Å². The van der Waals surface area contributed by atoms with Gasteiger partial charge in [0.15, 0.2) is 0 Å². The number of hydrogen-bond acceptors (Lipinski definition) is 4. The first-order valence-electron chi connectivity index (χ1n) is 7.50. The van der Waals surface area contributed by atoms with Gasteiger partial charge in [-0.3, -0.25) is 4.98 Å². The van der Waals surface area contributed by atoms with E-state index in [2.05, 4.69) is 15.3 Å². The minimum Gasteiger partial charge on any atom is -0.393 e. The van der Waals surface area contributed by atoms with Crippen molar-refractivity contribution < 1.29 is 9.50 Å². The molecule has 0 saturated carbocycles. The van der Waals surface area contributed by atoms with Crippen molar-refractivity contribution in [3.63, 3.8) is 0 Å². The fraction of sp³-hybridized carbons (Fsp3) is 0.412. The number of nitrogens with one attached hydrogen (secondary N) is 1. The number of hydrogen-bond donors (Lipinski definition) is 2. The van der Waals surface area contributed by atoms with E-state index < -0.39 is 5.67 Å². The second kappa shape index (κ2) is 7.23. The van der Waals surface area contributed by atoms with Crippen LogP contribution in [0.1, 0.15) is 32.8 Å². The van der Waals surface area contributed by atoms with Crippen LogP contribution in [0.5, 0.6) is 0 Å². The molecule has 2 N–H and O–H groups in total. The lowest BCUT2D eigenvalue weighted by atomic mass is 10.0. The van der Waals surface area contributed by atoms with E-state index in [0.29, 0.717) is 29.4 Å². The number of nitrogens with zero attached hydrogens (tertiary/aromatic N) is 2. The summed E-state index contributed by atoms with van der Waals surface area (Å²) >= 11 is 5.96. The average molecular weight is 338 g/mol. The topological polar surface area (TPSA) is 58.0 Å². The van der Waals surface area contributed by atoms with Gasteiger partial charge in [0.25, 0.3) is 0 Å². The van der Waals surface area contributed by atoms with Crippen molar-refractivity contribution in [1.82, 2.24) is 9.97 Å². The molecule has 2 heterocycles. The van der Waals surface area contributed by atoms with Crippen LogP contribution in [0.15, 0.2) is 30.6 Å². The summed E-state index contributed by atoms with van der Waals surface area (Å²) < 4.78 is 13.9. The maximum Gasteiger partial charge on any atom is 0.131 e. The monoisotopic (exact) mass is 337 g/mol. The molecular formula is C17H21ClFN3O. The molecule has 2 aromatic rings. The average Bonchev–Trinajstić information content (AvgIpc) is 2.46. The Kier molecular flexibility index (Phi) is 5.55. The number of aromatic nitrogens is 2. The van der Waals surface area contributed by atoms with E-state index in [0.717, 1.165) is 11.3 Å². The number of anilines is 1. The van der Waals surface area contributed by atoms with E-state index >= 15 is 0 Å². The van der Waals surface area contributed by atoms with Crippen LogP contribution in [0.3, 0.4) is 0 Å². The Morgan fingerprint density at radius 1 is 1.30 bits per heavy atom. The Bertz CT molecular complexity index is 654. The highest BCUT2D eigenvalue weighted by molar-refractivity contribution is 6.29. The summed E-state index contributed by atoms with van der Waals surface area (Å²) in [6.45, 7) is 5.33. The van der Waals surface area contributed by atoms with Crippen molar-refractivity contribution >= 4 is 17.3 Å². The van der Waals surface area contributed by atoms with E-state index in [4.69, 9.17) is 11.6 Å². The molecule has 0 aliphatic carbocycles. The van der Waals surface area contributed by atoms with Crippen molar-refractivity contribution in [2.75, 3.05) is 11.9 Å². The van der Waals surface area contributed by atoms with Gasteiger partial charge < -0.3 is 10.4 Å². The van der Waals surface area contributed by atoms with Gasteiger partial charge in [-0.15, -0.1) is 0 Å². The Morgan fingerprint density at radius 2 is 2.04 bits per heavy atom. The molecular weight excluding hydrogens is 317 g/mol. The van der Waals surface area contributed by atoms with E-state index in [1.807, 2.05) is 0 Å². The third kappa shape index (κ3) is 4.88. The summed E-state index contributed by atoms with van der Waals surface area (Å²) in [6, 6.07) is 5.20. The van der Waals surface area contributed by atoms with E-state index in [-0.39, 0.29) is 6.10 Å². The summed E-state index contributed by atoms with van der Waals surface area (Å²) in [5.41, 5.74) is 1.34. The lowest BCUT2D eigenvalue weighted by molar-refractivity contribution is 0.189. The molecule has 2 aromatic heterocycles. The Balaban J connectivity index is 2.27. The van der Waals surface area contributed by atoms with Crippen LogP contribution in [0.4, 0.5) is 10.1 Å². The zero-order chi connectivity index (χ0) is 17.0. The maximum atomic E-state index is 13.9. The molecule has 0 radical (unpaired) electrons. The quantitative estimate of drug-likeness (QED) is 0.776. The van der Waals surface area contributed by atoms with Crippen molar-refractivity contribution in [1.29, 1.82) is 0 Å². The number of aliphatic hydroxyl groups excluding tert-OH is 1. The zero-order valence-corrected chi connectivity index (χ0v) is 14.2. The molecule has 1 atom stereocenters. The van der Waals surface area contributed by atoms with Gasteiger partial charge in [0.2, 0.25) is 0 Å². The SMILES string of the molecule is C[C@@H](O)CCNc1cc(Cl)ncc1-c1ccc(C(C)(C)F)cn1. The van der Waals surface area contributed by atoms with Crippen LogP contribution in [-0.4, -0.2) is 27.7 Å². The lowest BCUT2D eigenvalue weighted by Gasteiger charge is -2.16. The van der Waals surface area contributed by atoms with Gasteiger partial charge in [-0.1, -0.05) is 17.7 Å². The Hall–Kier alpha value is -1.72. The summed E-state index contributed by atoms with van der Waals surface area (Å²) in [6.07, 6.45) is 3.40. The molecule has 0 aromatic carbocycles. The molecule has 0 saturated heterocycles. The maximum absolute atomic E-state index is 13.9. The van der Waals surface area contributed by atoms with Gasteiger partial charge in [0.1, 0.15) is 10.8 Å². The number of alkyl halides is 1. The molecule has 0 bridgehead atoms. The molecule has 2 rings (SSSR count). The number of halogens is 2. The largest absolute Gasteiger partial charge is 0.393 e. The van der Waals surface area contributed by atoms with Crippen LogP contribution in [0.2, 0.25) is 5.15 Å². The molecule has 0 unspecified atom stereocenters. The van der Waals surface area contributed by atoms with Gasteiger partial charge in [-0.05, 0) is 39.3 Å². The smallest absolute Gasteiger partial charge is 0.131 e. The highest BCUT2D eigenvalue weighted by atomic mass is 35.5. The van der Waals surface area contributed by atoms with Gasteiger partial charge in [-0.25, -0.2) is 9.37 Å². The summed E-state index contributed by atoms with van der Waals surface area (Å²) in [5.74, 6) is 0. The van der Waals surface area contributed by atoms with Crippen LogP contribution in [-0.2, 0) is 5.67 Å². The number of pyridine rings is 2. The third-order valence-electron chi connectivity index (χ3n) is 3.47. The molecule has 0 amide bonds. The standard InChI is InChI=1S/C17H21ClFN3O/c1-11(23)6-7-20-15-8-16(18)22-10-13(15)14-5-4-12(9-21-14)17(2,3)19/h4-5,8-11,23H,6-7H2,1-3H3,(H,20,22)/t11-/m1/s1. The minimum atomic E-state index is -1.43. The zero-order valence-electron chi connectivity index (χ0n) is 13.5. The van der Waals surface area contributed by atoms with Crippen LogP contribution in [0.25, 0.3) is 11.3 Å². The molecule has 23 heavy (non-hydrogen) atoms. The van der Waals surface area contributed by atoms with Crippen molar-refractivity contribution in [3.05, 3.63) is 41.3 Å². The molecule has 4 nitrogen and oxygen atoms in total. The lowest BCUT2D eigenvalue weighted by Crippen LogP contribution is -2.11. The van der Waals surface area contributed by atoms with Gasteiger partial charge in [-0.2, -0.15) is 0 Å². The van der Waals surface area contributed by atoms with Crippen molar-refractivity contribution in [3.8, 4) is 11.3 Å². The molecule has 6 heteroatoms. The first kappa shape index (κ1) is 17.6. The normalized spacial score (nSPS) is 13.0. The first-order valence-corrected chi connectivity index (χ1v) is 7.88. The van der Waals surface area contributed by atoms with Crippen molar-refractivity contribution in [2.24, 2.45) is 0 Å². The highest BCUT2D eigenvalue weighted by Gasteiger charge is 2.19. The van der Waals surface area contributed by atoms with Crippen LogP contribution < -0.4 is 5.32 Å². The second-order valence-electron chi connectivity index (χ2n) is 6.02. The fourth-order valence-electron chi connectivity index (χ4n) is 2.10. The van der Waals surface area contributed by atoms with Crippen LogP contribution in [0, 0.1) is 0 Å². The molecule has 0 spiro atoms. The number of aliphatic hydroxyl groups is 1.